The zero-order valence-corrected chi connectivity index (χ0v) is 9.51. The number of benzene rings is 2. The summed E-state index contributed by atoms with van der Waals surface area (Å²) in [7, 11) is 0. The van der Waals surface area contributed by atoms with Gasteiger partial charge >= 0.3 is 5.97 Å². The van der Waals surface area contributed by atoms with Gasteiger partial charge in [0.05, 0.1) is 12.3 Å². The fourth-order valence-corrected chi connectivity index (χ4v) is 1.98. The second-order valence-electron chi connectivity index (χ2n) is 4.15. The molecule has 0 amide bonds. The molecule has 0 aliphatic carbocycles. The zero-order chi connectivity index (χ0) is 13.1. The van der Waals surface area contributed by atoms with E-state index in [1.807, 2.05) is 24.3 Å². The summed E-state index contributed by atoms with van der Waals surface area (Å²) in [5.41, 5.74) is 0.367. The molecule has 0 spiro atoms. The van der Waals surface area contributed by atoms with E-state index in [0.717, 1.165) is 10.8 Å². The Morgan fingerprint density at radius 1 is 1.11 bits per heavy atom. The lowest BCUT2D eigenvalue weighted by Crippen LogP contribution is -2.14. The van der Waals surface area contributed by atoms with Crippen LogP contribution in [0.5, 0.6) is 0 Å². The van der Waals surface area contributed by atoms with Gasteiger partial charge in [-0.1, -0.05) is 42.5 Å². The molecule has 18 heavy (non-hydrogen) atoms. The van der Waals surface area contributed by atoms with Crippen molar-refractivity contribution in [1.82, 2.24) is 0 Å². The van der Waals surface area contributed by atoms with Crippen LogP contribution < -0.4 is 0 Å². The Morgan fingerprint density at radius 2 is 1.78 bits per heavy atom. The summed E-state index contributed by atoms with van der Waals surface area (Å²) in [6, 6.07) is 12.3. The van der Waals surface area contributed by atoms with Crippen LogP contribution in [-0.4, -0.2) is 17.5 Å². The second-order valence-corrected chi connectivity index (χ2v) is 4.15. The molecule has 0 saturated carbocycles. The molecule has 1 N–H and O–H groups in total. The van der Waals surface area contributed by atoms with Gasteiger partial charge in [-0.2, -0.15) is 0 Å². The fraction of sp³-hybridized carbons (Fsp3) is 0.214. The van der Waals surface area contributed by atoms with Gasteiger partial charge in [0.15, 0.2) is 0 Å². The van der Waals surface area contributed by atoms with Crippen molar-refractivity contribution in [1.29, 1.82) is 0 Å². The molecule has 0 aromatic heterocycles. The first-order chi connectivity index (χ1) is 8.58. The smallest absolute Gasteiger partial charge is 0.304 e. The first-order valence-corrected chi connectivity index (χ1v) is 5.56. The maximum Gasteiger partial charge on any atom is 0.304 e. The van der Waals surface area contributed by atoms with Crippen molar-refractivity contribution in [2.24, 2.45) is 0 Å². The number of aliphatic carboxylic acids is 1. The molecule has 2 aromatic rings. The zero-order valence-electron chi connectivity index (χ0n) is 9.51. The summed E-state index contributed by atoms with van der Waals surface area (Å²) >= 11 is 0. The molecule has 4 heteroatoms. The minimum Gasteiger partial charge on any atom is -0.481 e. The predicted octanol–water partition coefficient (Wildman–Crippen LogP) is 3.66. The first-order valence-electron chi connectivity index (χ1n) is 5.56. The minimum absolute atomic E-state index is 0.367. The van der Waals surface area contributed by atoms with Crippen molar-refractivity contribution >= 4 is 16.7 Å². The average molecular weight is 250 g/mol. The highest BCUT2D eigenvalue weighted by molar-refractivity contribution is 5.83. The number of fused-ring (bicyclic) bond motifs is 1. The number of carbonyl (C=O) groups is 1. The van der Waals surface area contributed by atoms with Crippen molar-refractivity contribution in [3.63, 3.8) is 0 Å². The van der Waals surface area contributed by atoms with Gasteiger partial charge in [-0.3, -0.25) is 4.79 Å². The highest BCUT2D eigenvalue weighted by Crippen LogP contribution is 2.29. The van der Waals surface area contributed by atoms with E-state index in [1.165, 1.54) is 0 Å². The third-order valence-corrected chi connectivity index (χ3v) is 2.90. The van der Waals surface area contributed by atoms with Gasteiger partial charge in [0, 0.05) is 0 Å². The van der Waals surface area contributed by atoms with Crippen LogP contribution >= 0.6 is 0 Å². The van der Waals surface area contributed by atoms with E-state index < -0.39 is 24.7 Å². The summed E-state index contributed by atoms with van der Waals surface area (Å²) in [6.45, 7) is 0. The molecule has 2 nitrogen and oxygen atoms in total. The van der Waals surface area contributed by atoms with Crippen LogP contribution in [0, 0.1) is 0 Å². The fourth-order valence-electron chi connectivity index (χ4n) is 1.98. The lowest BCUT2D eigenvalue weighted by atomic mass is 9.94. The number of hydrogen-bond acceptors (Lipinski definition) is 1. The maximum absolute atomic E-state index is 12.9. The Hall–Kier alpha value is -1.97. The summed E-state index contributed by atoms with van der Waals surface area (Å²) in [4.78, 5) is 10.6. The van der Waals surface area contributed by atoms with Gasteiger partial charge in [0.2, 0.25) is 6.43 Å². The molecular weight excluding hydrogens is 238 g/mol. The van der Waals surface area contributed by atoms with E-state index in [4.69, 9.17) is 5.11 Å². The monoisotopic (exact) mass is 250 g/mol. The van der Waals surface area contributed by atoms with Crippen LogP contribution in [0.25, 0.3) is 10.8 Å². The average Bonchev–Trinajstić information content (AvgIpc) is 2.35. The third-order valence-electron chi connectivity index (χ3n) is 2.90. The van der Waals surface area contributed by atoms with Crippen LogP contribution in [0.3, 0.4) is 0 Å². The Morgan fingerprint density at radius 3 is 2.39 bits per heavy atom. The first kappa shape index (κ1) is 12.5. The molecule has 0 heterocycles. The largest absolute Gasteiger partial charge is 0.481 e. The van der Waals surface area contributed by atoms with Gasteiger partial charge in [-0.05, 0) is 16.3 Å². The molecule has 2 aromatic carbocycles. The summed E-state index contributed by atoms with van der Waals surface area (Å²) in [5.74, 6) is -2.47. The van der Waals surface area contributed by atoms with Gasteiger partial charge < -0.3 is 5.11 Å². The van der Waals surface area contributed by atoms with Gasteiger partial charge in [-0.25, -0.2) is 8.78 Å². The number of carboxylic acid groups (broad SMARTS) is 1. The Labute approximate surface area is 103 Å². The van der Waals surface area contributed by atoms with Crippen molar-refractivity contribution in [2.45, 2.75) is 18.8 Å². The molecule has 0 bridgehead atoms. The molecule has 0 aliphatic rings. The molecular formula is C14H12F2O2. The lowest BCUT2D eigenvalue weighted by Gasteiger charge is -2.14. The number of hydrogen-bond donors (Lipinski definition) is 1. The lowest BCUT2D eigenvalue weighted by molar-refractivity contribution is -0.138. The van der Waals surface area contributed by atoms with E-state index in [1.54, 1.807) is 18.2 Å². The van der Waals surface area contributed by atoms with E-state index in [-0.39, 0.29) is 0 Å². The van der Waals surface area contributed by atoms with E-state index in [0.29, 0.717) is 5.56 Å². The Balaban J connectivity index is 2.41. The summed E-state index contributed by atoms with van der Waals surface area (Å²) < 4.78 is 25.8. The Kier molecular flexibility index (Phi) is 3.55. The second kappa shape index (κ2) is 5.12. The van der Waals surface area contributed by atoms with Crippen molar-refractivity contribution in [3.05, 3.63) is 48.0 Å². The van der Waals surface area contributed by atoms with Crippen LogP contribution in [0.2, 0.25) is 0 Å². The van der Waals surface area contributed by atoms with Crippen molar-refractivity contribution in [3.8, 4) is 0 Å². The molecule has 1 unspecified atom stereocenters. The van der Waals surface area contributed by atoms with Crippen molar-refractivity contribution in [2.75, 3.05) is 0 Å². The maximum atomic E-state index is 12.9. The van der Waals surface area contributed by atoms with Crippen LogP contribution in [0.1, 0.15) is 17.9 Å². The van der Waals surface area contributed by atoms with Crippen LogP contribution in [-0.2, 0) is 4.79 Å². The Bertz CT molecular complexity index is 566. The van der Waals surface area contributed by atoms with Gasteiger partial charge in [0.25, 0.3) is 0 Å². The molecule has 0 fully saturated rings. The highest BCUT2D eigenvalue weighted by atomic mass is 19.3. The van der Waals surface area contributed by atoms with Crippen LogP contribution in [0.4, 0.5) is 8.78 Å². The van der Waals surface area contributed by atoms with Gasteiger partial charge in [0.1, 0.15) is 0 Å². The predicted molar refractivity (Wildman–Crippen MR) is 64.9 cm³/mol. The summed E-state index contributed by atoms with van der Waals surface area (Å²) in [6.07, 6.45) is -3.24. The normalized spacial score (nSPS) is 12.8. The molecule has 0 aliphatic heterocycles. The number of alkyl halides is 2. The quantitative estimate of drug-likeness (QED) is 0.899. The number of carboxylic acids is 1. The molecule has 94 valence electrons. The van der Waals surface area contributed by atoms with E-state index >= 15 is 0 Å². The van der Waals surface area contributed by atoms with Crippen LogP contribution in [0.15, 0.2) is 42.5 Å². The van der Waals surface area contributed by atoms with Gasteiger partial charge in [-0.15, -0.1) is 0 Å². The van der Waals surface area contributed by atoms with E-state index in [9.17, 15) is 13.6 Å². The summed E-state index contributed by atoms with van der Waals surface area (Å²) in [5, 5.41) is 10.5. The third kappa shape index (κ3) is 2.64. The number of halogens is 2. The van der Waals surface area contributed by atoms with E-state index in [2.05, 4.69) is 0 Å². The topological polar surface area (TPSA) is 37.3 Å². The molecule has 2 rings (SSSR count). The number of rotatable bonds is 4. The SMILES string of the molecule is O=C(O)CC(c1ccc2ccccc2c1)C(F)F. The minimum atomic E-state index is -2.68. The molecule has 1 atom stereocenters. The highest BCUT2D eigenvalue weighted by Gasteiger charge is 2.25. The standard InChI is InChI=1S/C14H12F2O2/c15-14(16)12(8-13(17)18)11-6-5-9-3-1-2-4-10(9)7-11/h1-7,12,14H,8H2,(H,17,18). The molecule has 0 radical (unpaired) electrons. The van der Waals surface area contributed by atoms with Crippen molar-refractivity contribution < 1.29 is 18.7 Å². The molecule has 0 saturated heterocycles.